The summed E-state index contributed by atoms with van der Waals surface area (Å²) in [6.45, 7) is -0.619. The molecule has 2 rings (SSSR count). The molecule has 0 spiro atoms. The average Bonchev–Trinajstić information content (AvgIpc) is 2.57. The third-order valence-corrected chi connectivity index (χ3v) is 2.40. The summed E-state index contributed by atoms with van der Waals surface area (Å²) in [5.74, 6) is 0.0401. The molecule has 17 heavy (non-hydrogen) atoms. The lowest BCUT2D eigenvalue weighted by molar-refractivity contribution is -0.244. The second kappa shape index (κ2) is 4.39. The van der Waals surface area contributed by atoms with E-state index < -0.39 is 31.0 Å². The topological polar surface area (TPSA) is 134 Å². The fraction of sp³-hybridized carbons (Fsp3) is 0.500. The molecule has 1 aromatic rings. The van der Waals surface area contributed by atoms with Crippen molar-refractivity contribution in [2.75, 3.05) is 12.5 Å². The lowest BCUT2D eigenvalue weighted by Gasteiger charge is -2.15. The molecule has 2 unspecified atom stereocenters. The number of hydrogen-bond donors (Lipinski definition) is 4. The number of hydroxylamine groups is 2. The van der Waals surface area contributed by atoms with Gasteiger partial charge in [0.2, 0.25) is 0 Å². The highest BCUT2D eigenvalue weighted by Crippen LogP contribution is 2.26. The number of hydrogen-bond acceptors (Lipinski definition) is 8. The minimum Gasteiger partial charge on any atom is -0.384 e. The van der Waals surface area contributed by atoms with E-state index in [1.807, 2.05) is 0 Å². The Kier molecular flexibility index (Phi) is 3.09. The number of nitrogens with two attached hydrogens (primary N) is 1. The van der Waals surface area contributed by atoms with Gasteiger partial charge in [-0.2, -0.15) is 4.98 Å². The summed E-state index contributed by atoms with van der Waals surface area (Å²) in [5, 5.41) is 28.7. The van der Waals surface area contributed by atoms with Crippen molar-refractivity contribution < 1.29 is 20.2 Å². The molecule has 0 aliphatic carbocycles. The zero-order valence-corrected chi connectivity index (χ0v) is 8.67. The van der Waals surface area contributed by atoms with Gasteiger partial charge in [0, 0.05) is 6.20 Å². The van der Waals surface area contributed by atoms with Gasteiger partial charge in [-0.25, -0.2) is 4.79 Å². The molecule has 0 amide bonds. The third-order valence-electron chi connectivity index (χ3n) is 2.40. The van der Waals surface area contributed by atoms with Crippen molar-refractivity contribution in [2.45, 2.75) is 18.6 Å². The third kappa shape index (κ3) is 2.01. The Morgan fingerprint density at radius 1 is 1.53 bits per heavy atom. The van der Waals surface area contributed by atoms with Crippen LogP contribution in [0.15, 0.2) is 17.1 Å². The summed E-state index contributed by atoms with van der Waals surface area (Å²) in [6, 6.07) is 1.35. The van der Waals surface area contributed by atoms with Crippen LogP contribution in [0.25, 0.3) is 0 Å². The van der Waals surface area contributed by atoms with E-state index in [0.29, 0.717) is 0 Å². The summed E-state index contributed by atoms with van der Waals surface area (Å²) >= 11 is 0. The van der Waals surface area contributed by atoms with Crippen LogP contribution < -0.4 is 11.4 Å². The lowest BCUT2D eigenvalue weighted by Crippen LogP contribution is -2.37. The van der Waals surface area contributed by atoms with Gasteiger partial charge in [0.1, 0.15) is 18.7 Å². The average molecular weight is 244 g/mol. The van der Waals surface area contributed by atoms with Crippen LogP contribution in [0, 0.1) is 0 Å². The second-order valence-corrected chi connectivity index (χ2v) is 3.50. The van der Waals surface area contributed by atoms with Gasteiger partial charge in [0.05, 0.1) is 0 Å². The molecular formula is C8H12N4O5. The molecule has 0 bridgehead atoms. The number of aliphatic hydroxyl groups is 3. The van der Waals surface area contributed by atoms with Gasteiger partial charge in [0.15, 0.2) is 12.5 Å². The minimum absolute atomic E-state index is 0.0401. The van der Waals surface area contributed by atoms with Gasteiger partial charge in [-0.3, -0.25) is 9.40 Å². The molecule has 1 aliphatic rings. The SMILES string of the molecule is Nc1ccn(C2ON(CO)C(O)[C@H]2O)c(=O)n1. The molecule has 9 nitrogen and oxygen atoms in total. The van der Waals surface area contributed by atoms with Gasteiger partial charge in [0.25, 0.3) is 0 Å². The van der Waals surface area contributed by atoms with E-state index in [1.165, 1.54) is 12.3 Å². The van der Waals surface area contributed by atoms with Crippen molar-refractivity contribution in [3.63, 3.8) is 0 Å². The number of aromatic nitrogens is 2. The van der Waals surface area contributed by atoms with E-state index in [0.717, 1.165) is 9.63 Å². The van der Waals surface area contributed by atoms with E-state index in [-0.39, 0.29) is 5.82 Å². The first-order valence-corrected chi connectivity index (χ1v) is 4.79. The number of nitrogen functional groups attached to an aromatic ring is 1. The molecule has 0 radical (unpaired) electrons. The fourth-order valence-electron chi connectivity index (χ4n) is 1.53. The monoisotopic (exact) mass is 244 g/mol. The molecule has 3 atom stereocenters. The molecule has 94 valence electrons. The summed E-state index contributed by atoms with van der Waals surface area (Å²) in [5.41, 5.74) is 4.59. The molecule has 1 aliphatic heterocycles. The summed E-state index contributed by atoms with van der Waals surface area (Å²) < 4.78 is 0.972. The standard InChI is InChI=1S/C8H12N4O5/c9-4-1-2-11(8(16)10-4)7-5(14)6(15)12(3-13)17-7/h1-2,5-7,13-15H,3H2,(H2,9,10,16)/t5-,6?,7?/m1/s1. The first-order chi connectivity index (χ1) is 8.04. The van der Waals surface area contributed by atoms with E-state index >= 15 is 0 Å². The maximum absolute atomic E-state index is 11.5. The second-order valence-electron chi connectivity index (χ2n) is 3.50. The summed E-state index contributed by atoms with van der Waals surface area (Å²) in [6.07, 6.45) is -2.68. The number of anilines is 1. The summed E-state index contributed by atoms with van der Waals surface area (Å²) in [4.78, 5) is 20.0. The Balaban J connectivity index is 2.32. The number of nitrogens with zero attached hydrogens (tertiary/aromatic N) is 3. The van der Waals surface area contributed by atoms with E-state index in [9.17, 15) is 15.0 Å². The predicted octanol–water partition coefficient (Wildman–Crippen LogP) is -2.80. The molecule has 1 aromatic heterocycles. The van der Waals surface area contributed by atoms with E-state index in [1.54, 1.807) is 0 Å². The molecule has 1 saturated heterocycles. The van der Waals surface area contributed by atoms with Crippen LogP contribution in [-0.4, -0.2) is 49.0 Å². The normalized spacial score (nSPS) is 29.7. The van der Waals surface area contributed by atoms with Crippen LogP contribution in [0.3, 0.4) is 0 Å². The highest BCUT2D eigenvalue weighted by molar-refractivity contribution is 5.23. The van der Waals surface area contributed by atoms with Gasteiger partial charge in [-0.1, -0.05) is 0 Å². The maximum atomic E-state index is 11.5. The van der Waals surface area contributed by atoms with Crippen LogP contribution in [-0.2, 0) is 4.84 Å². The molecule has 0 aromatic carbocycles. The zero-order valence-electron chi connectivity index (χ0n) is 8.67. The van der Waals surface area contributed by atoms with Crippen molar-refractivity contribution >= 4 is 5.82 Å². The minimum atomic E-state index is -1.42. The van der Waals surface area contributed by atoms with Gasteiger partial charge in [-0.05, 0) is 6.07 Å². The Hall–Kier alpha value is -1.52. The Morgan fingerprint density at radius 2 is 2.24 bits per heavy atom. The molecule has 5 N–H and O–H groups in total. The molecular weight excluding hydrogens is 232 g/mol. The maximum Gasteiger partial charge on any atom is 0.351 e. The van der Waals surface area contributed by atoms with Gasteiger partial charge < -0.3 is 21.1 Å². The quantitative estimate of drug-likeness (QED) is 0.438. The molecule has 0 saturated carbocycles. The van der Waals surface area contributed by atoms with Crippen LogP contribution in [0.5, 0.6) is 0 Å². The van der Waals surface area contributed by atoms with E-state index in [2.05, 4.69) is 4.98 Å². The highest BCUT2D eigenvalue weighted by atomic mass is 16.7. The van der Waals surface area contributed by atoms with Crippen molar-refractivity contribution in [1.82, 2.24) is 14.6 Å². The molecule has 1 fully saturated rings. The van der Waals surface area contributed by atoms with Crippen molar-refractivity contribution in [2.24, 2.45) is 0 Å². The first kappa shape index (κ1) is 12.0. The Labute approximate surface area is 95.2 Å². The van der Waals surface area contributed by atoms with Crippen molar-refractivity contribution in [1.29, 1.82) is 0 Å². The zero-order chi connectivity index (χ0) is 12.6. The smallest absolute Gasteiger partial charge is 0.351 e. The Bertz CT molecular complexity index is 463. The van der Waals surface area contributed by atoms with Crippen molar-refractivity contribution in [3.8, 4) is 0 Å². The van der Waals surface area contributed by atoms with Crippen LogP contribution in [0.4, 0.5) is 5.82 Å². The molecule has 9 heteroatoms. The molecule has 2 heterocycles. The number of rotatable bonds is 2. The van der Waals surface area contributed by atoms with Gasteiger partial charge >= 0.3 is 5.69 Å². The fourth-order valence-corrected chi connectivity index (χ4v) is 1.53. The Morgan fingerprint density at radius 3 is 2.76 bits per heavy atom. The lowest BCUT2D eigenvalue weighted by atomic mass is 10.3. The number of aliphatic hydroxyl groups excluding tert-OH is 3. The predicted molar refractivity (Wildman–Crippen MR) is 54.0 cm³/mol. The van der Waals surface area contributed by atoms with Crippen LogP contribution in [0.1, 0.15) is 6.23 Å². The largest absolute Gasteiger partial charge is 0.384 e. The highest BCUT2D eigenvalue weighted by Gasteiger charge is 2.42. The van der Waals surface area contributed by atoms with Crippen LogP contribution in [0.2, 0.25) is 0 Å². The van der Waals surface area contributed by atoms with Crippen LogP contribution >= 0.6 is 0 Å². The van der Waals surface area contributed by atoms with Crippen molar-refractivity contribution in [3.05, 3.63) is 22.7 Å². The first-order valence-electron chi connectivity index (χ1n) is 4.79. The summed E-state index contributed by atoms with van der Waals surface area (Å²) in [7, 11) is 0. The van der Waals surface area contributed by atoms with E-state index in [4.69, 9.17) is 15.7 Å². The van der Waals surface area contributed by atoms with Gasteiger partial charge in [-0.15, -0.1) is 5.06 Å².